The molecule has 0 bridgehead atoms. The molecule has 2 aliphatic carbocycles. The molecule has 2 aliphatic rings. The van der Waals surface area contributed by atoms with Gasteiger partial charge in [-0.25, -0.2) is 13.2 Å². The van der Waals surface area contributed by atoms with E-state index in [0.29, 0.717) is 23.5 Å². The highest BCUT2D eigenvalue weighted by Crippen LogP contribution is 2.48. The predicted octanol–water partition coefficient (Wildman–Crippen LogP) is 9.37. The van der Waals surface area contributed by atoms with Crippen LogP contribution in [0.1, 0.15) is 87.0 Å². The first kappa shape index (κ1) is 23.2. The van der Waals surface area contributed by atoms with Gasteiger partial charge in [-0.15, -0.1) is 0 Å². The number of fused-ring (bicyclic) bond motifs is 3. The SMILES string of the molecule is CCCc1cc(F)c2c(c1)Cc1c(-c3ccccc3C3CCC(CCC)CC3)cc(F)c(F)c1-2. The van der Waals surface area contributed by atoms with Crippen molar-refractivity contribution in [2.24, 2.45) is 5.92 Å². The molecule has 0 aromatic heterocycles. The highest BCUT2D eigenvalue weighted by atomic mass is 19.2. The molecule has 1 fully saturated rings. The maximum atomic E-state index is 15.2. The van der Waals surface area contributed by atoms with Crippen LogP contribution in [0.15, 0.2) is 42.5 Å². The fraction of sp³-hybridized carbons (Fsp3) is 0.419. The molecule has 3 aromatic rings. The average Bonchev–Trinajstić information content (AvgIpc) is 3.23. The summed E-state index contributed by atoms with van der Waals surface area (Å²) >= 11 is 0. The smallest absolute Gasteiger partial charge is 0.167 e. The Morgan fingerprint density at radius 3 is 2.29 bits per heavy atom. The van der Waals surface area contributed by atoms with Crippen LogP contribution in [0.4, 0.5) is 13.2 Å². The zero-order chi connectivity index (χ0) is 23.8. The summed E-state index contributed by atoms with van der Waals surface area (Å²) in [7, 11) is 0. The van der Waals surface area contributed by atoms with E-state index in [1.165, 1.54) is 43.4 Å². The van der Waals surface area contributed by atoms with E-state index in [1.807, 2.05) is 24.3 Å². The lowest BCUT2D eigenvalue weighted by molar-refractivity contribution is 0.308. The van der Waals surface area contributed by atoms with Gasteiger partial charge in [0.05, 0.1) is 0 Å². The van der Waals surface area contributed by atoms with Crippen molar-refractivity contribution in [3.8, 4) is 22.3 Å². The molecule has 1 saturated carbocycles. The molecule has 0 radical (unpaired) electrons. The molecule has 3 aromatic carbocycles. The van der Waals surface area contributed by atoms with Gasteiger partial charge in [0.2, 0.25) is 0 Å². The molecule has 0 amide bonds. The molecular formula is C31H33F3. The van der Waals surface area contributed by atoms with Gasteiger partial charge in [0.25, 0.3) is 0 Å². The molecule has 0 spiro atoms. The molecule has 178 valence electrons. The van der Waals surface area contributed by atoms with E-state index in [1.54, 1.807) is 0 Å². The summed E-state index contributed by atoms with van der Waals surface area (Å²) in [5.41, 5.74) is 5.66. The van der Waals surface area contributed by atoms with Gasteiger partial charge < -0.3 is 0 Å². The number of hydrogen-bond donors (Lipinski definition) is 0. The first-order valence-electron chi connectivity index (χ1n) is 12.9. The van der Waals surface area contributed by atoms with Crippen LogP contribution in [0.2, 0.25) is 0 Å². The number of rotatable bonds is 6. The minimum absolute atomic E-state index is 0.118. The summed E-state index contributed by atoms with van der Waals surface area (Å²) < 4.78 is 45.3. The van der Waals surface area contributed by atoms with Crippen molar-refractivity contribution < 1.29 is 13.2 Å². The van der Waals surface area contributed by atoms with E-state index in [4.69, 9.17) is 0 Å². The molecule has 0 saturated heterocycles. The second-order valence-electron chi connectivity index (χ2n) is 10.2. The third-order valence-corrected chi connectivity index (χ3v) is 7.95. The van der Waals surface area contributed by atoms with Crippen LogP contribution in [-0.2, 0) is 12.8 Å². The number of halogens is 3. The maximum absolute atomic E-state index is 15.2. The number of hydrogen-bond acceptors (Lipinski definition) is 0. The van der Waals surface area contributed by atoms with Gasteiger partial charge in [0, 0.05) is 11.1 Å². The van der Waals surface area contributed by atoms with Crippen LogP contribution in [0.3, 0.4) is 0 Å². The van der Waals surface area contributed by atoms with Crippen molar-refractivity contribution in [2.75, 3.05) is 0 Å². The third-order valence-electron chi connectivity index (χ3n) is 7.95. The summed E-state index contributed by atoms with van der Waals surface area (Å²) in [6, 6.07) is 13.0. The Hall–Kier alpha value is -2.55. The second-order valence-corrected chi connectivity index (χ2v) is 10.2. The zero-order valence-electron chi connectivity index (χ0n) is 20.2. The molecule has 0 unspecified atom stereocenters. The zero-order valence-corrected chi connectivity index (χ0v) is 20.2. The summed E-state index contributed by atoms with van der Waals surface area (Å²) in [5, 5.41) is 0. The molecule has 0 atom stereocenters. The Morgan fingerprint density at radius 1 is 0.794 bits per heavy atom. The fourth-order valence-corrected chi connectivity index (χ4v) is 6.39. The van der Waals surface area contributed by atoms with Crippen molar-refractivity contribution in [3.63, 3.8) is 0 Å². The van der Waals surface area contributed by atoms with Crippen molar-refractivity contribution in [2.45, 2.75) is 77.6 Å². The molecule has 0 N–H and O–H groups in total. The summed E-state index contributed by atoms with van der Waals surface area (Å²) in [6.45, 7) is 4.30. The normalized spacial score (nSPS) is 19.2. The minimum Gasteiger partial charge on any atom is -0.206 e. The largest absolute Gasteiger partial charge is 0.206 e. The van der Waals surface area contributed by atoms with Crippen molar-refractivity contribution in [3.05, 3.63) is 82.2 Å². The van der Waals surface area contributed by atoms with Crippen molar-refractivity contribution in [1.82, 2.24) is 0 Å². The molecule has 0 aliphatic heterocycles. The Balaban J connectivity index is 1.59. The predicted molar refractivity (Wildman–Crippen MR) is 134 cm³/mol. The molecular weight excluding hydrogens is 429 g/mol. The lowest BCUT2D eigenvalue weighted by Gasteiger charge is -2.30. The van der Waals surface area contributed by atoms with Gasteiger partial charge in [-0.05, 0) is 95.9 Å². The van der Waals surface area contributed by atoms with E-state index in [0.717, 1.165) is 48.3 Å². The van der Waals surface area contributed by atoms with Crippen molar-refractivity contribution >= 4 is 0 Å². The first-order valence-corrected chi connectivity index (χ1v) is 12.9. The molecule has 5 rings (SSSR count). The lowest BCUT2D eigenvalue weighted by Crippen LogP contribution is -2.14. The van der Waals surface area contributed by atoms with Crippen LogP contribution in [0.25, 0.3) is 22.3 Å². The quantitative estimate of drug-likeness (QED) is 0.268. The highest BCUT2D eigenvalue weighted by Gasteiger charge is 2.32. The Morgan fingerprint density at radius 2 is 1.56 bits per heavy atom. The Labute approximate surface area is 201 Å². The van der Waals surface area contributed by atoms with Gasteiger partial charge in [0.1, 0.15) is 5.82 Å². The summed E-state index contributed by atoms with van der Waals surface area (Å²) in [6.07, 6.45) is 9.33. The molecule has 3 heteroatoms. The summed E-state index contributed by atoms with van der Waals surface area (Å²) in [4.78, 5) is 0. The monoisotopic (exact) mass is 462 g/mol. The Kier molecular flexibility index (Phi) is 6.55. The standard InChI is InChI=1S/C31H33F3/c1-3-7-19-11-13-21(14-12-19)23-9-5-6-10-24(23)25-18-28(33)31(34)30-26(25)17-22-15-20(8-4-2)16-27(32)29(22)30/h5-6,9-10,15-16,18-19,21H,3-4,7-8,11-14,17H2,1-2H3. The van der Waals surface area contributed by atoms with E-state index in [2.05, 4.69) is 19.9 Å². The average molecular weight is 463 g/mol. The van der Waals surface area contributed by atoms with Gasteiger partial charge >= 0.3 is 0 Å². The topological polar surface area (TPSA) is 0 Å². The molecule has 34 heavy (non-hydrogen) atoms. The van der Waals surface area contributed by atoms with Crippen molar-refractivity contribution in [1.29, 1.82) is 0 Å². The summed E-state index contributed by atoms with van der Waals surface area (Å²) in [5.74, 6) is -1.06. The maximum Gasteiger partial charge on any atom is 0.167 e. The number of aryl methyl sites for hydroxylation is 1. The van der Waals surface area contributed by atoms with Gasteiger partial charge in [-0.1, -0.05) is 63.4 Å². The van der Waals surface area contributed by atoms with Gasteiger partial charge in [-0.2, -0.15) is 0 Å². The minimum atomic E-state index is -0.933. The second kappa shape index (κ2) is 9.60. The Bertz CT molecular complexity index is 1200. The van der Waals surface area contributed by atoms with Crippen LogP contribution >= 0.6 is 0 Å². The van der Waals surface area contributed by atoms with E-state index in [-0.39, 0.29) is 11.1 Å². The first-order chi connectivity index (χ1) is 16.5. The molecule has 0 nitrogen and oxygen atoms in total. The van der Waals surface area contributed by atoms with Crippen LogP contribution in [0, 0.1) is 23.4 Å². The fourth-order valence-electron chi connectivity index (χ4n) is 6.39. The van der Waals surface area contributed by atoms with E-state index >= 15 is 8.78 Å². The van der Waals surface area contributed by atoms with Gasteiger partial charge in [-0.3, -0.25) is 0 Å². The van der Waals surface area contributed by atoms with Crippen LogP contribution in [-0.4, -0.2) is 0 Å². The molecule has 0 heterocycles. The van der Waals surface area contributed by atoms with E-state index in [9.17, 15) is 4.39 Å². The lowest BCUT2D eigenvalue weighted by atomic mass is 9.75. The van der Waals surface area contributed by atoms with E-state index < -0.39 is 17.5 Å². The third kappa shape index (κ3) is 4.08. The number of benzene rings is 3. The van der Waals surface area contributed by atoms with Crippen LogP contribution < -0.4 is 0 Å². The highest BCUT2D eigenvalue weighted by molar-refractivity contribution is 5.86. The van der Waals surface area contributed by atoms with Gasteiger partial charge in [0.15, 0.2) is 11.6 Å². The van der Waals surface area contributed by atoms with Crippen LogP contribution in [0.5, 0.6) is 0 Å².